The minimum absolute atomic E-state index is 0.0797. The molecule has 0 aliphatic carbocycles. The minimum atomic E-state index is -0.537. The zero-order valence-electron chi connectivity index (χ0n) is 11.0. The first-order valence-corrected chi connectivity index (χ1v) is 6.88. The number of carbonyl (C=O) groups is 1. The summed E-state index contributed by atoms with van der Waals surface area (Å²) < 4.78 is 0. The zero-order valence-corrected chi connectivity index (χ0v) is 11.7. The molecule has 0 saturated carbocycles. The number of carbonyl (C=O) groups excluding carboxylic acids is 1. The normalized spacial score (nSPS) is 12.1. The maximum atomic E-state index is 12.1. The van der Waals surface area contributed by atoms with Crippen molar-refractivity contribution in [3.63, 3.8) is 0 Å². The van der Waals surface area contributed by atoms with E-state index in [9.17, 15) is 4.79 Å². The average molecular weight is 273 g/mol. The summed E-state index contributed by atoms with van der Waals surface area (Å²) in [6, 6.07) is 17.6. The lowest BCUT2D eigenvalue weighted by Gasteiger charge is -2.09. The van der Waals surface area contributed by atoms with Crippen LogP contribution in [-0.4, -0.2) is 5.78 Å². The standard InChI is InChI=1S/C17H17ClO/c1-13-7-5-6-8-14(13)11-12-16(19)17(18)15-9-3-2-4-10-15/h2-10,17H,11-12H2,1H3. The van der Waals surface area contributed by atoms with Gasteiger partial charge in [0.25, 0.3) is 0 Å². The Kier molecular flexibility index (Phi) is 4.75. The van der Waals surface area contributed by atoms with Gasteiger partial charge in [-0.25, -0.2) is 0 Å². The van der Waals surface area contributed by atoms with E-state index in [0.29, 0.717) is 6.42 Å². The molecule has 0 aliphatic heterocycles. The third kappa shape index (κ3) is 3.68. The van der Waals surface area contributed by atoms with Crippen LogP contribution in [0.1, 0.15) is 28.5 Å². The number of benzene rings is 2. The Morgan fingerprint density at radius 1 is 1.05 bits per heavy atom. The monoisotopic (exact) mass is 272 g/mol. The first-order valence-electron chi connectivity index (χ1n) is 6.44. The van der Waals surface area contributed by atoms with Crippen molar-refractivity contribution in [3.8, 4) is 0 Å². The van der Waals surface area contributed by atoms with Gasteiger partial charge in [0.15, 0.2) is 5.78 Å². The molecule has 2 aromatic carbocycles. The second kappa shape index (κ2) is 6.53. The van der Waals surface area contributed by atoms with Gasteiger partial charge in [-0.1, -0.05) is 54.6 Å². The molecule has 0 saturated heterocycles. The van der Waals surface area contributed by atoms with E-state index in [4.69, 9.17) is 11.6 Å². The van der Waals surface area contributed by atoms with Crippen LogP contribution >= 0.6 is 11.6 Å². The van der Waals surface area contributed by atoms with Gasteiger partial charge in [-0.15, -0.1) is 11.6 Å². The van der Waals surface area contributed by atoms with E-state index in [1.54, 1.807) is 0 Å². The van der Waals surface area contributed by atoms with Crippen molar-refractivity contribution in [2.24, 2.45) is 0 Å². The van der Waals surface area contributed by atoms with Crippen LogP contribution in [0.15, 0.2) is 54.6 Å². The molecule has 0 amide bonds. The van der Waals surface area contributed by atoms with E-state index >= 15 is 0 Å². The first-order chi connectivity index (χ1) is 9.18. The second-order valence-corrected chi connectivity index (χ2v) is 5.10. The summed E-state index contributed by atoms with van der Waals surface area (Å²) >= 11 is 6.21. The van der Waals surface area contributed by atoms with E-state index < -0.39 is 5.38 Å². The molecule has 0 heterocycles. The average Bonchev–Trinajstić information content (AvgIpc) is 2.46. The number of ketones is 1. The quantitative estimate of drug-likeness (QED) is 0.734. The van der Waals surface area contributed by atoms with Crippen molar-refractivity contribution >= 4 is 17.4 Å². The number of rotatable bonds is 5. The Morgan fingerprint density at radius 2 is 1.68 bits per heavy atom. The van der Waals surface area contributed by atoms with Gasteiger partial charge >= 0.3 is 0 Å². The van der Waals surface area contributed by atoms with Gasteiger partial charge in [0.1, 0.15) is 5.38 Å². The lowest BCUT2D eigenvalue weighted by atomic mass is 9.99. The van der Waals surface area contributed by atoms with Gasteiger partial charge in [-0.2, -0.15) is 0 Å². The van der Waals surface area contributed by atoms with Crippen LogP contribution in [0.3, 0.4) is 0 Å². The molecule has 2 heteroatoms. The molecular weight excluding hydrogens is 256 g/mol. The van der Waals surface area contributed by atoms with Gasteiger partial charge in [0.2, 0.25) is 0 Å². The molecule has 2 aromatic rings. The maximum Gasteiger partial charge on any atom is 0.155 e. The molecule has 0 aliphatic rings. The molecule has 1 atom stereocenters. The molecule has 0 N–H and O–H groups in total. The van der Waals surface area contributed by atoms with E-state index in [1.165, 1.54) is 11.1 Å². The third-order valence-corrected chi connectivity index (χ3v) is 3.77. The lowest BCUT2D eigenvalue weighted by molar-refractivity contribution is -0.118. The number of hydrogen-bond donors (Lipinski definition) is 0. The largest absolute Gasteiger partial charge is 0.298 e. The van der Waals surface area contributed by atoms with Crippen LogP contribution in [0.2, 0.25) is 0 Å². The van der Waals surface area contributed by atoms with E-state index in [0.717, 1.165) is 12.0 Å². The topological polar surface area (TPSA) is 17.1 Å². The molecule has 98 valence electrons. The fourth-order valence-corrected chi connectivity index (χ4v) is 2.34. The molecule has 0 radical (unpaired) electrons. The highest BCUT2D eigenvalue weighted by Gasteiger charge is 2.17. The molecular formula is C17H17ClO. The maximum absolute atomic E-state index is 12.1. The molecule has 1 nitrogen and oxygen atoms in total. The summed E-state index contributed by atoms with van der Waals surface area (Å²) in [5.74, 6) is 0.0797. The summed E-state index contributed by atoms with van der Waals surface area (Å²) in [5, 5.41) is -0.537. The van der Waals surface area contributed by atoms with Gasteiger partial charge in [-0.3, -0.25) is 4.79 Å². The van der Waals surface area contributed by atoms with Crippen LogP contribution in [0, 0.1) is 6.92 Å². The third-order valence-electron chi connectivity index (χ3n) is 3.28. The molecule has 1 unspecified atom stereocenters. The number of alkyl halides is 1. The van der Waals surface area contributed by atoms with E-state index in [2.05, 4.69) is 19.1 Å². The van der Waals surface area contributed by atoms with E-state index in [-0.39, 0.29) is 5.78 Å². The lowest BCUT2D eigenvalue weighted by Crippen LogP contribution is -2.08. The van der Waals surface area contributed by atoms with E-state index in [1.807, 2.05) is 42.5 Å². The number of halogens is 1. The van der Waals surface area contributed by atoms with Crippen LogP contribution in [0.25, 0.3) is 0 Å². The summed E-state index contributed by atoms with van der Waals surface area (Å²) in [6.07, 6.45) is 1.23. The fraction of sp³-hybridized carbons (Fsp3) is 0.235. The highest BCUT2D eigenvalue weighted by atomic mass is 35.5. The smallest absolute Gasteiger partial charge is 0.155 e. The molecule has 2 rings (SSSR count). The summed E-state index contributed by atoms with van der Waals surface area (Å²) in [7, 11) is 0. The Morgan fingerprint density at radius 3 is 2.37 bits per heavy atom. The summed E-state index contributed by atoms with van der Waals surface area (Å²) in [6.45, 7) is 2.06. The van der Waals surface area contributed by atoms with Crippen molar-refractivity contribution < 1.29 is 4.79 Å². The van der Waals surface area contributed by atoms with Gasteiger partial charge in [0.05, 0.1) is 0 Å². The number of hydrogen-bond acceptors (Lipinski definition) is 1. The molecule has 0 aromatic heterocycles. The molecule has 19 heavy (non-hydrogen) atoms. The highest BCUT2D eigenvalue weighted by Crippen LogP contribution is 2.23. The van der Waals surface area contributed by atoms with Crippen molar-refractivity contribution in [2.45, 2.75) is 25.1 Å². The van der Waals surface area contributed by atoms with Crippen molar-refractivity contribution in [1.82, 2.24) is 0 Å². The number of Topliss-reactive ketones (excluding diaryl/α,β-unsaturated/α-hetero) is 1. The van der Waals surface area contributed by atoms with Crippen LogP contribution in [-0.2, 0) is 11.2 Å². The first kappa shape index (κ1) is 13.8. The van der Waals surface area contributed by atoms with Crippen molar-refractivity contribution in [2.75, 3.05) is 0 Å². The van der Waals surface area contributed by atoms with Crippen LogP contribution < -0.4 is 0 Å². The molecule has 0 fully saturated rings. The summed E-state index contributed by atoms with van der Waals surface area (Å²) in [5.41, 5.74) is 3.31. The van der Waals surface area contributed by atoms with Crippen LogP contribution in [0.4, 0.5) is 0 Å². The van der Waals surface area contributed by atoms with Gasteiger partial charge in [0, 0.05) is 6.42 Å². The van der Waals surface area contributed by atoms with Crippen molar-refractivity contribution in [3.05, 3.63) is 71.3 Å². The Hall–Kier alpha value is -1.60. The Labute approximate surface area is 119 Å². The Balaban J connectivity index is 1.97. The predicted molar refractivity (Wildman–Crippen MR) is 79.5 cm³/mol. The minimum Gasteiger partial charge on any atom is -0.298 e. The van der Waals surface area contributed by atoms with Gasteiger partial charge < -0.3 is 0 Å². The predicted octanol–water partition coefficient (Wildman–Crippen LogP) is 4.48. The highest BCUT2D eigenvalue weighted by molar-refractivity contribution is 6.31. The second-order valence-electron chi connectivity index (χ2n) is 4.67. The fourth-order valence-electron chi connectivity index (χ4n) is 2.08. The van der Waals surface area contributed by atoms with Crippen LogP contribution in [0.5, 0.6) is 0 Å². The zero-order chi connectivity index (χ0) is 13.7. The SMILES string of the molecule is Cc1ccccc1CCC(=O)C(Cl)c1ccccc1. The summed E-state index contributed by atoms with van der Waals surface area (Å²) in [4.78, 5) is 12.1. The molecule has 0 bridgehead atoms. The number of aryl methyl sites for hydroxylation is 2. The van der Waals surface area contributed by atoms with Gasteiger partial charge in [-0.05, 0) is 30.0 Å². The Bertz CT molecular complexity index is 548. The van der Waals surface area contributed by atoms with Crippen molar-refractivity contribution in [1.29, 1.82) is 0 Å². The molecule has 0 spiro atoms.